The number of nitrogens with one attached hydrogen (secondary N) is 1. The molecule has 11 nitrogen and oxygen atoms in total. The van der Waals surface area contributed by atoms with Crippen molar-refractivity contribution < 1.29 is 37.0 Å². The predicted octanol–water partition coefficient (Wildman–Crippen LogP) is 3.28. The third-order valence-corrected chi connectivity index (χ3v) is 8.86. The highest BCUT2D eigenvalue weighted by atomic mass is 19.4. The number of anilines is 1. The SMILES string of the molecule is CCN1C(=O)[C@@H](NC(=O)c2cccc(C(F)(F)F)c2)[C@@H](C2CC2)c2c(C(=O)N3CCOC[C@@H]3C#N)nn(C3CCOCC3)c21. The van der Waals surface area contributed by atoms with Gasteiger partial charge in [0.25, 0.3) is 17.7 Å². The highest BCUT2D eigenvalue weighted by Gasteiger charge is 2.52. The van der Waals surface area contributed by atoms with Crippen LogP contribution in [0.25, 0.3) is 0 Å². The van der Waals surface area contributed by atoms with Crippen LogP contribution >= 0.6 is 0 Å². The van der Waals surface area contributed by atoms with Gasteiger partial charge in [-0.15, -0.1) is 0 Å². The molecule has 0 spiro atoms. The van der Waals surface area contributed by atoms with Crippen LogP contribution in [0.5, 0.6) is 0 Å². The van der Waals surface area contributed by atoms with E-state index < -0.39 is 47.5 Å². The molecule has 3 amide bonds. The minimum Gasteiger partial charge on any atom is -0.381 e. The van der Waals surface area contributed by atoms with Crippen molar-refractivity contribution in [2.75, 3.05) is 44.4 Å². The van der Waals surface area contributed by atoms with Crippen molar-refractivity contribution in [3.05, 3.63) is 46.6 Å². The van der Waals surface area contributed by atoms with Crippen LogP contribution in [0.3, 0.4) is 0 Å². The average molecular weight is 615 g/mol. The minimum atomic E-state index is -4.64. The largest absolute Gasteiger partial charge is 0.416 e. The van der Waals surface area contributed by atoms with Gasteiger partial charge in [-0.2, -0.15) is 23.5 Å². The molecule has 234 valence electrons. The molecular weight excluding hydrogens is 581 g/mol. The molecule has 4 aliphatic rings. The van der Waals surface area contributed by atoms with E-state index in [1.54, 1.807) is 11.6 Å². The number of likely N-dealkylation sites (N-methyl/N-ethyl adjacent to an activating group) is 1. The van der Waals surface area contributed by atoms with Crippen molar-refractivity contribution in [3.63, 3.8) is 0 Å². The fraction of sp³-hybridized carbons (Fsp3) is 0.567. The predicted molar refractivity (Wildman–Crippen MR) is 149 cm³/mol. The summed E-state index contributed by atoms with van der Waals surface area (Å²) in [4.78, 5) is 44.8. The number of carbonyl (C=O) groups is 3. The smallest absolute Gasteiger partial charge is 0.381 e. The summed E-state index contributed by atoms with van der Waals surface area (Å²) in [6.45, 7) is 3.48. The molecule has 3 atom stereocenters. The molecule has 4 heterocycles. The second-order valence-electron chi connectivity index (χ2n) is 11.6. The van der Waals surface area contributed by atoms with Crippen molar-refractivity contribution in [3.8, 4) is 6.07 Å². The van der Waals surface area contributed by atoms with E-state index in [1.165, 1.54) is 15.9 Å². The number of hydrogen-bond acceptors (Lipinski definition) is 7. The van der Waals surface area contributed by atoms with Crippen LogP contribution in [0.1, 0.15) is 76.5 Å². The summed E-state index contributed by atoms with van der Waals surface area (Å²) in [6.07, 6.45) is -1.91. The van der Waals surface area contributed by atoms with Crippen LogP contribution in [0.4, 0.5) is 19.0 Å². The maximum Gasteiger partial charge on any atom is 0.416 e. The number of aromatic nitrogens is 2. The molecule has 0 unspecified atom stereocenters. The zero-order chi connectivity index (χ0) is 31.2. The van der Waals surface area contributed by atoms with Crippen LogP contribution in [-0.4, -0.2) is 84.0 Å². The molecule has 3 aliphatic heterocycles. The topological polar surface area (TPSA) is 130 Å². The Morgan fingerprint density at radius 3 is 2.55 bits per heavy atom. The van der Waals surface area contributed by atoms with Crippen LogP contribution in [0.2, 0.25) is 0 Å². The van der Waals surface area contributed by atoms with Gasteiger partial charge in [0, 0.05) is 43.3 Å². The van der Waals surface area contributed by atoms with E-state index in [0.29, 0.717) is 37.4 Å². The number of amides is 3. The van der Waals surface area contributed by atoms with Gasteiger partial charge >= 0.3 is 6.18 Å². The van der Waals surface area contributed by atoms with E-state index in [1.807, 2.05) is 0 Å². The van der Waals surface area contributed by atoms with Crippen LogP contribution in [0.15, 0.2) is 24.3 Å². The average Bonchev–Trinajstić information content (AvgIpc) is 3.80. The second-order valence-corrected chi connectivity index (χ2v) is 11.6. The van der Waals surface area contributed by atoms with Gasteiger partial charge < -0.3 is 19.7 Å². The summed E-state index contributed by atoms with van der Waals surface area (Å²) in [5.74, 6) is -1.88. The fourth-order valence-electron chi connectivity index (χ4n) is 6.52. The molecule has 2 aromatic rings. The molecule has 44 heavy (non-hydrogen) atoms. The maximum atomic E-state index is 14.2. The standard InChI is InChI=1S/C30H33F3N6O5/c1-2-37-27-23(25(36-39(27)20-8-11-43-12-9-20)29(42)38-10-13-44-16-21(38)15-34)22(17-6-7-17)24(28(37)41)35-26(40)18-4-3-5-19(14-18)30(31,32)33/h3-5,14,17,20-22,24H,2,6-13,16H2,1H3,(H,35,40)/t21-,22-,24-/m0/s1. The first kappa shape index (κ1) is 30.1. The molecule has 1 N–H and O–H groups in total. The van der Waals surface area contributed by atoms with Crippen molar-refractivity contribution in [2.45, 2.75) is 62.8 Å². The highest BCUT2D eigenvalue weighted by Crippen LogP contribution is 2.52. The Labute approximate surface area is 251 Å². The summed E-state index contributed by atoms with van der Waals surface area (Å²) in [5.41, 5.74) is -0.548. The number of carbonyl (C=O) groups excluding carboxylic acids is 3. The van der Waals surface area contributed by atoms with Gasteiger partial charge in [-0.1, -0.05) is 6.07 Å². The molecule has 1 saturated carbocycles. The van der Waals surface area contributed by atoms with E-state index in [4.69, 9.17) is 14.6 Å². The summed E-state index contributed by atoms with van der Waals surface area (Å²) < 4.78 is 52.9. The summed E-state index contributed by atoms with van der Waals surface area (Å²) >= 11 is 0. The fourth-order valence-corrected chi connectivity index (χ4v) is 6.52. The molecule has 6 rings (SSSR count). The van der Waals surface area contributed by atoms with Gasteiger partial charge in [0.2, 0.25) is 0 Å². The normalized spacial score (nSPS) is 24.5. The van der Waals surface area contributed by atoms with Crippen molar-refractivity contribution >= 4 is 23.5 Å². The molecular formula is C30H33F3N6O5. The number of fused-ring (bicyclic) bond motifs is 1. The van der Waals surface area contributed by atoms with Crippen molar-refractivity contribution in [2.24, 2.45) is 5.92 Å². The van der Waals surface area contributed by atoms with E-state index >= 15 is 0 Å². The van der Waals surface area contributed by atoms with Crippen LogP contribution in [-0.2, 0) is 20.4 Å². The molecule has 1 aliphatic carbocycles. The number of morpholine rings is 1. The summed E-state index contributed by atoms with van der Waals surface area (Å²) in [5, 5.41) is 17.3. The number of hydrogen-bond donors (Lipinski definition) is 1. The zero-order valence-corrected chi connectivity index (χ0v) is 24.2. The lowest BCUT2D eigenvalue weighted by atomic mass is 9.82. The number of ether oxygens (including phenoxy) is 2. The van der Waals surface area contributed by atoms with Gasteiger partial charge in [0.05, 0.1) is 30.9 Å². The lowest BCUT2D eigenvalue weighted by molar-refractivity contribution is -0.137. The molecule has 1 aromatic heterocycles. The van der Waals surface area contributed by atoms with Gasteiger partial charge in [-0.3, -0.25) is 19.3 Å². The molecule has 1 aromatic carbocycles. The third-order valence-electron chi connectivity index (χ3n) is 8.86. The first-order valence-electron chi connectivity index (χ1n) is 14.9. The molecule has 2 saturated heterocycles. The van der Waals surface area contributed by atoms with E-state index in [9.17, 15) is 32.8 Å². The Balaban J connectivity index is 1.45. The summed E-state index contributed by atoms with van der Waals surface area (Å²) in [7, 11) is 0. The number of benzene rings is 1. The zero-order valence-electron chi connectivity index (χ0n) is 24.2. The van der Waals surface area contributed by atoms with E-state index in [0.717, 1.165) is 31.0 Å². The number of halogens is 3. The molecule has 3 fully saturated rings. The number of nitrogens with zero attached hydrogens (tertiary/aromatic N) is 5. The highest BCUT2D eigenvalue weighted by molar-refractivity contribution is 6.07. The second kappa shape index (κ2) is 11.9. The maximum absolute atomic E-state index is 14.2. The van der Waals surface area contributed by atoms with Gasteiger partial charge in [-0.25, -0.2) is 4.68 Å². The Kier molecular flexibility index (Phi) is 8.10. The van der Waals surface area contributed by atoms with Crippen molar-refractivity contribution in [1.29, 1.82) is 5.26 Å². The molecule has 0 radical (unpaired) electrons. The number of nitriles is 1. The van der Waals surface area contributed by atoms with Gasteiger partial charge in [-0.05, 0) is 56.7 Å². The van der Waals surface area contributed by atoms with Crippen LogP contribution in [0, 0.1) is 17.2 Å². The Bertz CT molecular complexity index is 1490. The Morgan fingerprint density at radius 2 is 1.89 bits per heavy atom. The number of alkyl halides is 3. The molecule has 0 bridgehead atoms. The minimum absolute atomic E-state index is 0.0566. The quantitative estimate of drug-likeness (QED) is 0.529. The Morgan fingerprint density at radius 1 is 1.14 bits per heavy atom. The van der Waals surface area contributed by atoms with Gasteiger partial charge in [0.15, 0.2) is 5.69 Å². The van der Waals surface area contributed by atoms with Gasteiger partial charge in [0.1, 0.15) is 17.9 Å². The number of rotatable bonds is 6. The lowest BCUT2D eigenvalue weighted by Crippen LogP contribution is -2.56. The van der Waals surface area contributed by atoms with Crippen LogP contribution < -0.4 is 10.2 Å². The Hall–Kier alpha value is -3.96. The first-order chi connectivity index (χ1) is 21.1. The third kappa shape index (κ3) is 5.43. The summed E-state index contributed by atoms with van der Waals surface area (Å²) in [6, 6.07) is 4.09. The van der Waals surface area contributed by atoms with Crippen molar-refractivity contribution in [1.82, 2.24) is 20.0 Å². The first-order valence-corrected chi connectivity index (χ1v) is 14.9. The molecule has 14 heteroatoms. The van der Waals surface area contributed by atoms with E-state index in [-0.39, 0.29) is 49.5 Å². The van der Waals surface area contributed by atoms with E-state index in [2.05, 4.69) is 11.4 Å². The lowest BCUT2D eigenvalue weighted by Gasteiger charge is -2.39. The monoisotopic (exact) mass is 614 g/mol.